The van der Waals surface area contributed by atoms with Gasteiger partial charge < -0.3 is 0 Å². The summed E-state index contributed by atoms with van der Waals surface area (Å²) in [5.74, 6) is 0.794. The van der Waals surface area contributed by atoms with Crippen molar-refractivity contribution in [1.82, 2.24) is 5.06 Å². The van der Waals surface area contributed by atoms with E-state index in [0.717, 1.165) is 18.4 Å². The molecular weight excluding hydrogens is 246 g/mol. The average molecular weight is 277 g/mol. The van der Waals surface area contributed by atoms with Crippen LogP contribution >= 0.6 is 0 Å². The molecule has 2 nitrogen and oxygen atoms in total. The Morgan fingerprint density at radius 1 is 1.00 bits per heavy atom. The van der Waals surface area contributed by atoms with Gasteiger partial charge in [-0.15, -0.1) is 6.58 Å². The maximum atomic E-state index is 6.33. The summed E-state index contributed by atoms with van der Waals surface area (Å²) in [5.41, 5.74) is 0.130. The van der Waals surface area contributed by atoms with E-state index in [1.54, 1.807) is 0 Å². The van der Waals surface area contributed by atoms with Crippen LogP contribution in [-0.4, -0.2) is 16.8 Å². The van der Waals surface area contributed by atoms with Gasteiger partial charge in [-0.05, 0) is 44.9 Å². The lowest BCUT2D eigenvalue weighted by atomic mass is 9.80. The van der Waals surface area contributed by atoms with Gasteiger partial charge in [0.25, 0.3) is 0 Å². The first-order chi connectivity index (χ1) is 9.87. The fourth-order valence-electron chi connectivity index (χ4n) is 4.52. The molecular formula is C18H31NO. The Kier molecular flexibility index (Phi) is 4.83. The van der Waals surface area contributed by atoms with Gasteiger partial charge in [-0.3, -0.25) is 4.84 Å². The lowest BCUT2D eigenvalue weighted by Crippen LogP contribution is -2.36. The van der Waals surface area contributed by atoms with Crippen molar-refractivity contribution >= 4 is 0 Å². The molecule has 2 atom stereocenters. The smallest absolute Gasteiger partial charge is 0.168 e. The summed E-state index contributed by atoms with van der Waals surface area (Å²) < 4.78 is 0. The molecule has 1 saturated heterocycles. The van der Waals surface area contributed by atoms with Gasteiger partial charge in [0.05, 0.1) is 0 Å². The second-order valence-corrected chi connectivity index (χ2v) is 7.07. The number of rotatable bonds is 6. The average Bonchev–Trinajstić information content (AvgIpc) is 3.25. The summed E-state index contributed by atoms with van der Waals surface area (Å²) in [6.07, 6.45) is 19.6. The van der Waals surface area contributed by atoms with Crippen LogP contribution < -0.4 is 0 Å². The Bertz CT molecular complexity index is 317. The molecule has 2 saturated carbocycles. The first kappa shape index (κ1) is 14.6. The Balaban J connectivity index is 1.63. The number of nitrogens with zero attached hydrogens (tertiary/aromatic N) is 1. The highest BCUT2D eigenvalue weighted by atomic mass is 16.9. The normalized spacial score (nSPS) is 35.9. The van der Waals surface area contributed by atoms with Crippen LogP contribution in [0.15, 0.2) is 12.7 Å². The Morgan fingerprint density at radius 3 is 2.30 bits per heavy atom. The highest BCUT2D eigenvalue weighted by Gasteiger charge is 2.61. The van der Waals surface area contributed by atoms with Crippen molar-refractivity contribution in [2.24, 2.45) is 5.92 Å². The molecule has 3 rings (SSSR count). The number of unbranched alkanes of at least 4 members (excludes halogenated alkanes) is 1. The summed E-state index contributed by atoms with van der Waals surface area (Å²) in [7, 11) is 0. The minimum Gasteiger partial charge on any atom is -0.271 e. The van der Waals surface area contributed by atoms with Gasteiger partial charge >= 0.3 is 0 Å². The van der Waals surface area contributed by atoms with Crippen molar-refractivity contribution in [3.63, 3.8) is 0 Å². The van der Waals surface area contributed by atoms with Crippen LogP contribution in [0.1, 0.15) is 83.5 Å². The monoisotopic (exact) mass is 277 g/mol. The largest absolute Gasteiger partial charge is 0.271 e. The van der Waals surface area contributed by atoms with Crippen LogP contribution in [0.3, 0.4) is 0 Å². The van der Waals surface area contributed by atoms with Crippen molar-refractivity contribution in [2.75, 3.05) is 0 Å². The highest BCUT2D eigenvalue weighted by molar-refractivity contribution is 4.98. The highest BCUT2D eigenvalue weighted by Crippen LogP contribution is 2.53. The third-order valence-corrected chi connectivity index (χ3v) is 5.69. The zero-order valence-electron chi connectivity index (χ0n) is 13.0. The predicted molar refractivity (Wildman–Crippen MR) is 83.2 cm³/mol. The second-order valence-electron chi connectivity index (χ2n) is 7.07. The molecule has 1 unspecified atom stereocenters. The van der Waals surface area contributed by atoms with E-state index in [1.165, 1.54) is 77.0 Å². The molecule has 20 heavy (non-hydrogen) atoms. The van der Waals surface area contributed by atoms with Crippen LogP contribution in [0.5, 0.6) is 0 Å². The molecule has 0 amide bonds. The van der Waals surface area contributed by atoms with E-state index in [4.69, 9.17) is 4.84 Å². The molecule has 1 heterocycles. The molecule has 0 spiro atoms. The maximum Gasteiger partial charge on any atom is 0.168 e. The lowest BCUT2D eigenvalue weighted by Gasteiger charge is -2.30. The molecule has 0 bridgehead atoms. The van der Waals surface area contributed by atoms with Gasteiger partial charge in [0.1, 0.15) is 0 Å². The van der Waals surface area contributed by atoms with Gasteiger partial charge in [-0.25, -0.2) is 0 Å². The summed E-state index contributed by atoms with van der Waals surface area (Å²) in [6, 6.07) is 0.717. The molecule has 0 radical (unpaired) electrons. The van der Waals surface area contributed by atoms with E-state index in [1.807, 2.05) is 0 Å². The molecule has 0 N–H and O–H groups in total. The van der Waals surface area contributed by atoms with E-state index < -0.39 is 0 Å². The van der Waals surface area contributed by atoms with Gasteiger partial charge in [0.15, 0.2) is 5.72 Å². The SMILES string of the molecule is C=CCCC[C@@]1(C2CCCCC2)ON1C1CCCCC1. The summed E-state index contributed by atoms with van der Waals surface area (Å²) in [5, 5.41) is 2.45. The van der Waals surface area contributed by atoms with Gasteiger partial charge in [0.2, 0.25) is 0 Å². The van der Waals surface area contributed by atoms with Gasteiger partial charge in [-0.2, -0.15) is 5.06 Å². The minimum atomic E-state index is 0.130. The molecule has 114 valence electrons. The zero-order valence-corrected chi connectivity index (χ0v) is 13.0. The first-order valence-electron chi connectivity index (χ1n) is 8.96. The number of hydroxylamine groups is 2. The fourth-order valence-corrected chi connectivity index (χ4v) is 4.52. The van der Waals surface area contributed by atoms with Crippen LogP contribution in [0.2, 0.25) is 0 Å². The summed E-state index contributed by atoms with van der Waals surface area (Å²) in [4.78, 5) is 6.33. The second kappa shape index (κ2) is 6.62. The van der Waals surface area contributed by atoms with Crippen LogP contribution in [0.25, 0.3) is 0 Å². The Hall–Kier alpha value is -0.340. The van der Waals surface area contributed by atoms with Gasteiger partial charge in [0, 0.05) is 12.0 Å². The van der Waals surface area contributed by atoms with Crippen molar-refractivity contribution in [3.05, 3.63) is 12.7 Å². The number of hydrogen-bond acceptors (Lipinski definition) is 2. The minimum absolute atomic E-state index is 0.130. The molecule has 3 aliphatic rings. The van der Waals surface area contributed by atoms with E-state index in [0.29, 0.717) is 0 Å². The lowest BCUT2D eigenvalue weighted by molar-refractivity contribution is 0.118. The molecule has 3 fully saturated rings. The topological polar surface area (TPSA) is 15.5 Å². The van der Waals surface area contributed by atoms with Crippen LogP contribution in [0.4, 0.5) is 0 Å². The Labute approximate surface area is 124 Å². The zero-order chi connectivity index (χ0) is 13.8. The third-order valence-electron chi connectivity index (χ3n) is 5.69. The first-order valence-corrected chi connectivity index (χ1v) is 8.96. The van der Waals surface area contributed by atoms with Crippen molar-refractivity contribution in [1.29, 1.82) is 0 Å². The standard InChI is InChI=1S/C18H31NO/c1-2-3-10-15-18(16-11-6-4-7-12-16)19(20-18)17-13-8-5-9-14-17/h2,16-17H,1,3-15H2/t18-,19?/m0/s1. The fraction of sp³-hybridized carbons (Fsp3) is 0.889. The van der Waals surface area contributed by atoms with Crippen LogP contribution in [-0.2, 0) is 4.84 Å². The Morgan fingerprint density at radius 2 is 1.65 bits per heavy atom. The molecule has 0 aromatic heterocycles. The van der Waals surface area contributed by atoms with E-state index >= 15 is 0 Å². The number of allylic oxidation sites excluding steroid dienone is 1. The molecule has 2 heteroatoms. The van der Waals surface area contributed by atoms with Gasteiger partial charge in [-0.1, -0.05) is 44.6 Å². The van der Waals surface area contributed by atoms with Crippen molar-refractivity contribution < 1.29 is 4.84 Å². The van der Waals surface area contributed by atoms with E-state index in [2.05, 4.69) is 17.7 Å². The van der Waals surface area contributed by atoms with Crippen molar-refractivity contribution in [2.45, 2.75) is 95.2 Å². The van der Waals surface area contributed by atoms with E-state index in [9.17, 15) is 0 Å². The quantitative estimate of drug-likeness (QED) is 0.377. The molecule has 0 aromatic carbocycles. The molecule has 1 aliphatic heterocycles. The maximum absolute atomic E-state index is 6.33. The third kappa shape index (κ3) is 2.96. The van der Waals surface area contributed by atoms with Crippen molar-refractivity contribution in [3.8, 4) is 0 Å². The summed E-state index contributed by atoms with van der Waals surface area (Å²) in [6.45, 7) is 3.87. The number of hydrogen-bond donors (Lipinski definition) is 0. The molecule has 0 aromatic rings. The summed E-state index contributed by atoms with van der Waals surface area (Å²) >= 11 is 0. The predicted octanol–water partition coefficient (Wildman–Crippen LogP) is 5.20. The van der Waals surface area contributed by atoms with Crippen LogP contribution in [0, 0.1) is 5.92 Å². The molecule has 2 aliphatic carbocycles. The van der Waals surface area contributed by atoms with E-state index in [-0.39, 0.29) is 5.72 Å².